The van der Waals surface area contributed by atoms with Gasteiger partial charge in [-0.3, -0.25) is 4.79 Å². The fraction of sp³-hybridized carbons (Fsp3) is 0.167. The summed E-state index contributed by atoms with van der Waals surface area (Å²) in [6, 6.07) is 5.99. The van der Waals surface area contributed by atoms with Crippen LogP contribution in [0.25, 0.3) is 22.3 Å². The third-order valence-electron chi connectivity index (χ3n) is 3.92. The lowest BCUT2D eigenvalue weighted by atomic mass is 10.1. The minimum absolute atomic E-state index is 0.0259. The highest BCUT2D eigenvalue weighted by molar-refractivity contribution is 5.96. The van der Waals surface area contributed by atoms with Gasteiger partial charge in [0.15, 0.2) is 17.1 Å². The lowest BCUT2D eigenvalue weighted by Gasteiger charge is -2.16. The fourth-order valence-electron chi connectivity index (χ4n) is 2.74. The van der Waals surface area contributed by atoms with Gasteiger partial charge in [0.2, 0.25) is 28.4 Å². The Kier molecular flexibility index (Phi) is 4.25. The molecular weight excluding hydrogens is 344 g/mol. The van der Waals surface area contributed by atoms with Crippen LogP contribution in [0.5, 0.6) is 34.5 Å². The van der Waals surface area contributed by atoms with Gasteiger partial charge >= 0.3 is 0 Å². The Morgan fingerprint density at radius 2 is 1.46 bits per heavy atom. The zero-order valence-corrected chi connectivity index (χ0v) is 14.2. The highest BCUT2D eigenvalue weighted by Gasteiger charge is 2.29. The molecular formula is C18H16O8. The van der Waals surface area contributed by atoms with E-state index < -0.39 is 16.9 Å². The molecule has 3 aromatic rings. The van der Waals surface area contributed by atoms with Crippen LogP contribution in [0.2, 0.25) is 0 Å². The van der Waals surface area contributed by atoms with Crippen LogP contribution in [0.3, 0.4) is 0 Å². The molecule has 1 aromatic heterocycles. The Morgan fingerprint density at radius 1 is 0.846 bits per heavy atom. The molecule has 0 fully saturated rings. The molecule has 0 aliphatic heterocycles. The van der Waals surface area contributed by atoms with Gasteiger partial charge in [-0.25, -0.2) is 0 Å². The van der Waals surface area contributed by atoms with Gasteiger partial charge in [0.25, 0.3) is 0 Å². The molecule has 3 rings (SSSR count). The summed E-state index contributed by atoms with van der Waals surface area (Å²) in [6.07, 6.45) is 0. The van der Waals surface area contributed by atoms with Crippen LogP contribution in [-0.2, 0) is 0 Å². The van der Waals surface area contributed by atoms with Crippen molar-refractivity contribution in [2.75, 3.05) is 21.3 Å². The monoisotopic (exact) mass is 360 g/mol. The molecule has 3 N–H and O–H groups in total. The second-order valence-corrected chi connectivity index (χ2v) is 5.28. The molecule has 0 spiro atoms. The van der Waals surface area contributed by atoms with Crippen LogP contribution in [0.4, 0.5) is 0 Å². The van der Waals surface area contributed by atoms with E-state index in [9.17, 15) is 20.1 Å². The van der Waals surface area contributed by atoms with Crippen molar-refractivity contribution in [2.45, 2.75) is 0 Å². The Hall–Kier alpha value is -3.55. The summed E-state index contributed by atoms with van der Waals surface area (Å²) >= 11 is 0. The van der Waals surface area contributed by atoms with Crippen LogP contribution in [0.1, 0.15) is 0 Å². The van der Waals surface area contributed by atoms with E-state index in [1.165, 1.54) is 33.5 Å². The molecule has 26 heavy (non-hydrogen) atoms. The minimum atomic E-state index is -0.863. The molecule has 0 saturated carbocycles. The number of hydrogen-bond acceptors (Lipinski definition) is 8. The number of hydrogen-bond donors (Lipinski definition) is 3. The molecule has 0 radical (unpaired) electrons. The second kappa shape index (κ2) is 6.40. The maximum atomic E-state index is 12.8. The number of aromatic hydroxyl groups is 3. The average molecular weight is 360 g/mol. The van der Waals surface area contributed by atoms with Crippen LogP contribution >= 0.6 is 0 Å². The van der Waals surface area contributed by atoms with E-state index in [4.69, 9.17) is 18.6 Å². The largest absolute Gasteiger partial charge is 0.507 e. The van der Waals surface area contributed by atoms with Gasteiger partial charge < -0.3 is 33.9 Å². The lowest BCUT2D eigenvalue weighted by Crippen LogP contribution is -2.07. The third kappa shape index (κ3) is 2.34. The van der Waals surface area contributed by atoms with Gasteiger partial charge in [-0.15, -0.1) is 0 Å². The molecule has 0 aliphatic rings. The molecule has 2 aromatic carbocycles. The van der Waals surface area contributed by atoms with E-state index >= 15 is 0 Å². The second-order valence-electron chi connectivity index (χ2n) is 5.28. The summed E-state index contributed by atoms with van der Waals surface area (Å²) in [7, 11) is 3.90. The Balaban J connectivity index is 2.53. The van der Waals surface area contributed by atoms with Crippen molar-refractivity contribution < 1.29 is 33.9 Å². The van der Waals surface area contributed by atoms with Crippen LogP contribution in [0.15, 0.2) is 33.5 Å². The summed E-state index contributed by atoms with van der Waals surface area (Å²) in [6.45, 7) is 0. The lowest BCUT2D eigenvalue weighted by molar-refractivity contribution is 0.311. The predicted octanol–water partition coefficient (Wildman–Crippen LogP) is 2.60. The number of benzene rings is 2. The number of phenols is 2. The topological polar surface area (TPSA) is 119 Å². The number of methoxy groups -OCH3 is 3. The Labute approximate surface area is 147 Å². The third-order valence-corrected chi connectivity index (χ3v) is 3.92. The van der Waals surface area contributed by atoms with E-state index in [1.54, 1.807) is 12.1 Å². The molecule has 8 heteroatoms. The quantitative estimate of drug-likeness (QED) is 0.650. The normalized spacial score (nSPS) is 10.7. The molecule has 0 bridgehead atoms. The first-order chi connectivity index (χ1) is 12.5. The molecule has 1 heterocycles. The maximum Gasteiger partial charge on any atom is 0.239 e. The van der Waals surface area contributed by atoms with Gasteiger partial charge in [-0.2, -0.15) is 0 Å². The summed E-state index contributed by atoms with van der Waals surface area (Å²) in [5.41, 5.74) is -1.06. The molecule has 0 atom stereocenters. The van der Waals surface area contributed by atoms with Crippen molar-refractivity contribution in [3.8, 4) is 45.8 Å². The molecule has 8 nitrogen and oxygen atoms in total. The average Bonchev–Trinajstić information content (AvgIpc) is 2.65. The first-order valence-corrected chi connectivity index (χ1v) is 7.45. The van der Waals surface area contributed by atoms with Gasteiger partial charge in [-0.05, 0) is 12.1 Å². The highest BCUT2D eigenvalue weighted by Crippen LogP contribution is 2.51. The molecule has 0 unspecified atom stereocenters. The predicted molar refractivity (Wildman–Crippen MR) is 92.6 cm³/mol. The number of phenolic OH excluding ortho intramolecular Hbond substituents is 2. The Morgan fingerprint density at radius 3 is 2.04 bits per heavy atom. The number of rotatable bonds is 4. The van der Waals surface area contributed by atoms with E-state index in [2.05, 4.69) is 0 Å². The van der Waals surface area contributed by atoms with E-state index in [1.807, 2.05) is 0 Å². The van der Waals surface area contributed by atoms with Crippen LogP contribution in [0, 0.1) is 0 Å². The zero-order valence-electron chi connectivity index (χ0n) is 14.2. The van der Waals surface area contributed by atoms with Crippen molar-refractivity contribution in [2.24, 2.45) is 0 Å². The van der Waals surface area contributed by atoms with E-state index in [0.29, 0.717) is 0 Å². The summed E-state index contributed by atoms with van der Waals surface area (Å²) in [5.74, 6) is -1.96. The highest BCUT2D eigenvalue weighted by atomic mass is 16.5. The molecule has 136 valence electrons. The first kappa shape index (κ1) is 17.3. The smallest absolute Gasteiger partial charge is 0.239 e. The summed E-state index contributed by atoms with van der Waals surface area (Å²) in [4.78, 5) is 12.8. The van der Waals surface area contributed by atoms with Crippen molar-refractivity contribution in [3.05, 3.63) is 34.5 Å². The van der Waals surface area contributed by atoms with Gasteiger partial charge in [0.05, 0.1) is 26.9 Å². The molecule has 0 aliphatic carbocycles. The number of fused-ring (bicyclic) bond motifs is 1. The number of ether oxygens (including phenoxy) is 3. The Bertz CT molecular complexity index is 1050. The molecule has 0 saturated heterocycles. The van der Waals surface area contributed by atoms with Crippen LogP contribution in [-0.4, -0.2) is 36.6 Å². The maximum absolute atomic E-state index is 12.8. The van der Waals surface area contributed by atoms with Crippen LogP contribution < -0.4 is 19.6 Å². The minimum Gasteiger partial charge on any atom is -0.507 e. The van der Waals surface area contributed by atoms with Gasteiger partial charge in [-0.1, -0.05) is 12.1 Å². The van der Waals surface area contributed by atoms with Crippen molar-refractivity contribution in [1.82, 2.24) is 0 Å². The van der Waals surface area contributed by atoms with Crippen molar-refractivity contribution in [3.63, 3.8) is 0 Å². The van der Waals surface area contributed by atoms with Crippen molar-refractivity contribution >= 4 is 11.0 Å². The van der Waals surface area contributed by atoms with Crippen molar-refractivity contribution in [1.29, 1.82) is 0 Å². The summed E-state index contributed by atoms with van der Waals surface area (Å²) < 4.78 is 21.1. The van der Waals surface area contributed by atoms with Gasteiger partial charge in [0.1, 0.15) is 11.1 Å². The zero-order chi connectivity index (χ0) is 19.0. The fourth-order valence-corrected chi connectivity index (χ4v) is 2.74. The SMILES string of the molecule is COc1c(OC)c(OC)c2c(=O)c(O)c(-c3ccccc3O)oc2c1O. The summed E-state index contributed by atoms with van der Waals surface area (Å²) in [5, 5.41) is 30.6. The first-order valence-electron chi connectivity index (χ1n) is 7.45. The number of para-hydroxylation sites is 1. The van der Waals surface area contributed by atoms with Gasteiger partial charge in [0, 0.05) is 0 Å². The molecule has 0 amide bonds. The standard InChI is InChI=1S/C18H16O8/c1-23-16-10-11(20)12(21)14(8-6-4-5-7-9(8)19)26-15(10)13(22)17(24-2)18(16)25-3/h4-7,19,21-22H,1-3H3. The van der Waals surface area contributed by atoms with E-state index in [0.717, 1.165) is 0 Å². The van der Waals surface area contributed by atoms with E-state index in [-0.39, 0.29) is 45.3 Å².